The third kappa shape index (κ3) is 3.42. The van der Waals surface area contributed by atoms with Crippen LogP contribution < -0.4 is 9.47 Å². The van der Waals surface area contributed by atoms with E-state index in [1.165, 1.54) is 0 Å². The van der Waals surface area contributed by atoms with Gasteiger partial charge in [0, 0.05) is 6.04 Å². The average Bonchev–Trinajstić information content (AvgIpc) is 2.94. The first-order valence-corrected chi connectivity index (χ1v) is 7.01. The summed E-state index contributed by atoms with van der Waals surface area (Å²) in [4.78, 5) is 15.3. The molecule has 0 aliphatic heterocycles. The van der Waals surface area contributed by atoms with Crippen molar-refractivity contribution in [2.75, 3.05) is 6.61 Å². The van der Waals surface area contributed by atoms with Crippen molar-refractivity contribution in [3.8, 4) is 11.5 Å². The summed E-state index contributed by atoms with van der Waals surface area (Å²) in [5, 5.41) is 0. The monoisotopic (exact) mass is 288 g/mol. The van der Waals surface area contributed by atoms with E-state index in [1.54, 1.807) is 30.7 Å². The first-order chi connectivity index (χ1) is 10.2. The number of benzene rings is 1. The van der Waals surface area contributed by atoms with Crippen LogP contribution in [0.5, 0.6) is 11.5 Å². The van der Waals surface area contributed by atoms with Gasteiger partial charge in [-0.2, -0.15) is 0 Å². The number of para-hydroxylation sites is 1. The highest BCUT2D eigenvalue weighted by atomic mass is 16.5. The molecule has 5 nitrogen and oxygen atoms in total. The SMILES string of the molecule is CCOc1cccc(C=O)c1OCc1cncn1C(C)C. The summed E-state index contributed by atoms with van der Waals surface area (Å²) in [6.45, 7) is 6.91. The molecule has 2 aromatic rings. The molecule has 0 unspecified atom stereocenters. The molecular weight excluding hydrogens is 268 g/mol. The van der Waals surface area contributed by atoms with Gasteiger partial charge in [0.15, 0.2) is 17.8 Å². The fourth-order valence-electron chi connectivity index (χ4n) is 2.10. The van der Waals surface area contributed by atoms with Gasteiger partial charge in [0.2, 0.25) is 0 Å². The molecule has 21 heavy (non-hydrogen) atoms. The highest BCUT2D eigenvalue weighted by molar-refractivity contribution is 5.81. The van der Waals surface area contributed by atoms with Gasteiger partial charge in [-0.1, -0.05) is 6.07 Å². The Morgan fingerprint density at radius 2 is 2.14 bits per heavy atom. The summed E-state index contributed by atoms with van der Waals surface area (Å²) in [7, 11) is 0. The molecule has 1 aromatic heterocycles. The van der Waals surface area contributed by atoms with Crippen LogP contribution in [0.2, 0.25) is 0 Å². The molecule has 5 heteroatoms. The van der Waals surface area contributed by atoms with Crippen LogP contribution in [-0.2, 0) is 6.61 Å². The number of imidazole rings is 1. The van der Waals surface area contributed by atoms with Gasteiger partial charge in [0.25, 0.3) is 0 Å². The van der Waals surface area contributed by atoms with Crippen molar-refractivity contribution in [1.82, 2.24) is 9.55 Å². The molecule has 0 saturated heterocycles. The Labute approximate surface area is 124 Å². The standard InChI is InChI=1S/C16H20N2O3/c1-4-20-15-7-5-6-13(9-19)16(15)21-10-14-8-17-11-18(14)12(2)3/h5-9,11-12H,4,10H2,1-3H3. The van der Waals surface area contributed by atoms with Gasteiger partial charge in [0.1, 0.15) is 6.61 Å². The molecule has 0 fully saturated rings. The maximum absolute atomic E-state index is 11.2. The van der Waals surface area contributed by atoms with Crippen molar-refractivity contribution in [3.63, 3.8) is 0 Å². The molecule has 0 aliphatic rings. The van der Waals surface area contributed by atoms with E-state index >= 15 is 0 Å². The number of rotatable bonds is 7. The van der Waals surface area contributed by atoms with Crippen LogP contribution in [0.1, 0.15) is 42.9 Å². The molecule has 1 heterocycles. The van der Waals surface area contributed by atoms with Crippen LogP contribution in [0, 0.1) is 0 Å². The molecule has 0 bridgehead atoms. The average molecular weight is 288 g/mol. The van der Waals surface area contributed by atoms with Crippen molar-refractivity contribution >= 4 is 6.29 Å². The van der Waals surface area contributed by atoms with Gasteiger partial charge in [0.05, 0.1) is 30.4 Å². The molecule has 0 N–H and O–H groups in total. The lowest BCUT2D eigenvalue weighted by atomic mass is 10.2. The van der Waals surface area contributed by atoms with Gasteiger partial charge < -0.3 is 14.0 Å². The van der Waals surface area contributed by atoms with Crippen molar-refractivity contribution in [1.29, 1.82) is 0 Å². The van der Waals surface area contributed by atoms with E-state index in [9.17, 15) is 4.79 Å². The van der Waals surface area contributed by atoms with Gasteiger partial charge in [-0.15, -0.1) is 0 Å². The van der Waals surface area contributed by atoms with Gasteiger partial charge >= 0.3 is 0 Å². The van der Waals surface area contributed by atoms with E-state index in [0.29, 0.717) is 36.3 Å². The molecular formula is C16H20N2O3. The number of aromatic nitrogens is 2. The molecule has 0 spiro atoms. The number of carbonyl (C=O) groups is 1. The molecule has 0 amide bonds. The normalized spacial score (nSPS) is 10.7. The molecule has 0 aliphatic carbocycles. The summed E-state index contributed by atoms with van der Waals surface area (Å²) < 4.78 is 13.4. The number of hydrogen-bond donors (Lipinski definition) is 0. The number of ether oxygens (including phenoxy) is 2. The summed E-state index contributed by atoms with van der Waals surface area (Å²) in [6.07, 6.45) is 4.32. The fraction of sp³-hybridized carbons (Fsp3) is 0.375. The van der Waals surface area contributed by atoms with Crippen LogP contribution in [0.4, 0.5) is 0 Å². The Kier molecular flexibility index (Phi) is 4.98. The summed E-state index contributed by atoms with van der Waals surface area (Å²) in [6, 6.07) is 5.59. The third-order valence-electron chi connectivity index (χ3n) is 3.10. The lowest BCUT2D eigenvalue weighted by Gasteiger charge is -2.15. The molecule has 2 rings (SSSR count). The predicted octanol–water partition coefficient (Wildman–Crippen LogP) is 3.25. The van der Waals surface area contributed by atoms with E-state index in [4.69, 9.17) is 9.47 Å². The maximum atomic E-state index is 11.2. The number of hydrogen-bond acceptors (Lipinski definition) is 4. The molecule has 1 aromatic carbocycles. The van der Waals surface area contributed by atoms with Crippen LogP contribution in [0.15, 0.2) is 30.7 Å². The van der Waals surface area contributed by atoms with Gasteiger partial charge in [-0.25, -0.2) is 4.98 Å². The molecule has 0 atom stereocenters. The van der Waals surface area contributed by atoms with E-state index in [0.717, 1.165) is 12.0 Å². The Hall–Kier alpha value is -2.30. The second-order valence-electron chi connectivity index (χ2n) is 4.90. The van der Waals surface area contributed by atoms with E-state index in [2.05, 4.69) is 18.8 Å². The molecule has 112 valence electrons. The number of carbonyl (C=O) groups excluding carboxylic acids is 1. The van der Waals surface area contributed by atoms with Crippen LogP contribution in [0.25, 0.3) is 0 Å². The largest absolute Gasteiger partial charge is 0.490 e. The quantitative estimate of drug-likeness (QED) is 0.734. The predicted molar refractivity (Wildman–Crippen MR) is 79.9 cm³/mol. The second kappa shape index (κ2) is 6.92. The zero-order chi connectivity index (χ0) is 15.2. The van der Waals surface area contributed by atoms with Crippen molar-refractivity contribution in [2.45, 2.75) is 33.4 Å². The molecule has 0 radical (unpaired) electrons. The lowest BCUT2D eigenvalue weighted by Crippen LogP contribution is -2.08. The first-order valence-electron chi connectivity index (χ1n) is 7.01. The Balaban J connectivity index is 2.22. The van der Waals surface area contributed by atoms with Crippen molar-refractivity contribution in [3.05, 3.63) is 42.0 Å². The summed E-state index contributed by atoms with van der Waals surface area (Å²) in [5.74, 6) is 1.06. The van der Waals surface area contributed by atoms with Crippen molar-refractivity contribution in [2.24, 2.45) is 0 Å². The molecule has 0 saturated carbocycles. The lowest BCUT2D eigenvalue weighted by molar-refractivity contribution is 0.111. The smallest absolute Gasteiger partial charge is 0.172 e. The minimum atomic E-state index is 0.304. The minimum Gasteiger partial charge on any atom is -0.490 e. The highest BCUT2D eigenvalue weighted by Gasteiger charge is 2.12. The van der Waals surface area contributed by atoms with E-state index in [-0.39, 0.29) is 0 Å². The maximum Gasteiger partial charge on any atom is 0.172 e. The Bertz CT molecular complexity index is 605. The van der Waals surface area contributed by atoms with Crippen LogP contribution >= 0.6 is 0 Å². The van der Waals surface area contributed by atoms with Gasteiger partial charge in [-0.3, -0.25) is 4.79 Å². The highest BCUT2D eigenvalue weighted by Crippen LogP contribution is 2.31. The third-order valence-corrected chi connectivity index (χ3v) is 3.10. The number of aldehydes is 1. The van der Waals surface area contributed by atoms with Gasteiger partial charge in [-0.05, 0) is 32.9 Å². The van der Waals surface area contributed by atoms with Crippen LogP contribution in [-0.4, -0.2) is 22.4 Å². The van der Waals surface area contributed by atoms with E-state index < -0.39 is 0 Å². The number of nitrogens with zero attached hydrogens (tertiary/aromatic N) is 2. The summed E-state index contributed by atoms with van der Waals surface area (Å²) in [5.41, 5.74) is 1.43. The Morgan fingerprint density at radius 3 is 2.81 bits per heavy atom. The van der Waals surface area contributed by atoms with Crippen molar-refractivity contribution < 1.29 is 14.3 Å². The fourth-order valence-corrected chi connectivity index (χ4v) is 2.10. The van der Waals surface area contributed by atoms with Crippen LogP contribution in [0.3, 0.4) is 0 Å². The van der Waals surface area contributed by atoms with E-state index in [1.807, 2.05) is 11.5 Å². The summed E-state index contributed by atoms with van der Waals surface area (Å²) >= 11 is 0. The Morgan fingerprint density at radius 1 is 1.33 bits per heavy atom. The zero-order valence-electron chi connectivity index (χ0n) is 12.6. The second-order valence-corrected chi connectivity index (χ2v) is 4.90. The zero-order valence-corrected chi connectivity index (χ0v) is 12.6. The topological polar surface area (TPSA) is 53.4 Å². The first kappa shape index (κ1) is 15.1. The minimum absolute atomic E-state index is 0.304.